The SMILES string of the molecule is COc1cccc(CCNc2ncc(C(=O)Nc3ccc(C(C)=O)cc3)cn2)c1. The lowest BCUT2D eigenvalue weighted by Gasteiger charge is -2.08. The van der Waals surface area contributed by atoms with Gasteiger partial charge in [-0.25, -0.2) is 9.97 Å². The highest BCUT2D eigenvalue weighted by molar-refractivity contribution is 6.04. The molecule has 29 heavy (non-hydrogen) atoms. The van der Waals surface area contributed by atoms with Gasteiger partial charge in [-0.1, -0.05) is 12.1 Å². The summed E-state index contributed by atoms with van der Waals surface area (Å²) in [5, 5.41) is 5.89. The predicted molar refractivity (Wildman–Crippen MR) is 112 cm³/mol. The van der Waals surface area contributed by atoms with Crippen LogP contribution in [0.4, 0.5) is 11.6 Å². The van der Waals surface area contributed by atoms with Gasteiger partial charge in [-0.15, -0.1) is 0 Å². The Labute approximate surface area is 169 Å². The second-order valence-electron chi connectivity index (χ2n) is 6.41. The molecule has 3 aromatic rings. The minimum Gasteiger partial charge on any atom is -0.497 e. The van der Waals surface area contributed by atoms with E-state index in [9.17, 15) is 9.59 Å². The molecule has 0 atom stereocenters. The van der Waals surface area contributed by atoms with Crippen LogP contribution >= 0.6 is 0 Å². The lowest BCUT2D eigenvalue weighted by atomic mass is 10.1. The van der Waals surface area contributed by atoms with Crippen molar-refractivity contribution in [2.75, 3.05) is 24.3 Å². The number of ketones is 1. The monoisotopic (exact) mass is 390 g/mol. The van der Waals surface area contributed by atoms with Gasteiger partial charge in [0.1, 0.15) is 5.75 Å². The molecule has 0 unspecified atom stereocenters. The standard InChI is InChI=1S/C22H22N4O3/c1-15(27)17-6-8-19(9-7-17)26-21(28)18-13-24-22(25-14-18)23-11-10-16-4-3-5-20(12-16)29-2/h3-9,12-14H,10-11H2,1-2H3,(H,26,28)(H,23,24,25). The van der Waals surface area contributed by atoms with E-state index >= 15 is 0 Å². The highest BCUT2D eigenvalue weighted by atomic mass is 16.5. The fraction of sp³-hybridized carbons (Fsp3) is 0.182. The third kappa shape index (κ3) is 5.62. The number of benzene rings is 2. The molecule has 0 bridgehead atoms. The zero-order valence-corrected chi connectivity index (χ0v) is 16.3. The first-order valence-electron chi connectivity index (χ1n) is 9.16. The number of nitrogens with zero attached hydrogens (tertiary/aromatic N) is 2. The Kier molecular flexibility index (Phi) is 6.52. The summed E-state index contributed by atoms with van der Waals surface area (Å²) in [6.45, 7) is 2.15. The Bertz CT molecular complexity index is 986. The quantitative estimate of drug-likeness (QED) is 0.571. The number of rotatable bonds is 8. The van der Waals surface area contributed by atoms with Gasteiger partial charge in [0.05, 0.1) is 12.7 Å². The molecule has 0 saturated carbocycles. The van der Waals surface area contributed by atoms with Gasteiger partial charge < -0.3 is 15.4 Å². The van der Waals surface area contributed by atoms with Crippen LogP contribution < -0.4 is 15.4 Å². The molecule has 7 nitrogen and oxygen atoms in total. The number of ether oxygens (including phenoxy) is 1. The van der Waals surface area contributed by atoms with Gasteiger partial charge in [0.25, 0.3) is 5.91 Å². The van der Waals surface area contributed by atoms with Gasteiger partial charge in [-0.05, 0) is 55.3 Å². The molecule has 0 saturated heterocycles. The topological polar surface area (TPSA) is 93.2 Å². The highest BCUT2D eigenvalue weighted by Gasteiger charge is 2.08. The second-order valence-corrected chi connectivity index (χ2v) is 6.41. The molecule has 2 aromatic carbocycles. The van der Waals surface area contributed by atoms with E-state index in [2.05, 4.69) is 20.6 Å². The van der Waals surface area contributed by atoms with Crippen molar-refractivity contribution in [2.45, 2.75) is 13.3 Å². The third-order valence-corrected chi connectivity index (χ3v) is 4.29. The number of anilines is 2. The lowest BCUT2D eigenvalue weighted by Crippen LogP contribution is -2.14. The average Bonchev–Trinajstić information content (AvgIpc) is 2.74. The Hall–Kier alpha value is -3.74. The van der Waals surface area contributed by atoms with Gasteiger partial charge in [0.15, 0.2) is 5.78 Å². The van der Waals surface area contributed by atoms with E-state index in [1.807, 2.05) is 24.3 Å². The first-order valence-corrected chi connectivity index (χ1v) is 9.16. The molecule has 1 amide bonds. The molecular formula is C22H22N4O3. The number of amides is 1. The first kappa shape index (κ1) is 20.0. The summed E-state index contributed by atoms with van der Waals surface area (Å²) in [5.41, 5.74) is 2.68. The molecule has 0 fully saturated rings. The fourth-order valence-corrected chi connectivity index (χ4v) is 2.67. The molecule has 0 aliphatic rings. The van der Waals surface area contributed by atoms with Crippen molar-refractivity contribution in [1.29, 1.82) is 0 Å². The smallest absolute Gasteiger partial charge is 0.258 e. The number of carbonyl (C=O) groups excluding carboxylic acids is 2. The number of carbonyl (C=O) groups is 2. The maximum atomic E-state index is 12.3. The molecule has 3 rings (SSSR count). The Morgan fingerprint density at radius 2 is 1.72 bits per heavy atom. The van der Waals surface area contributed by atoms with Gasteiger partial charge in [0.2, 0.25) is 5.95 Å². The van der Waals surface area contributed by atoms with Crippen LogP contribution in [0, 0.1) is 0 Å². The molecule has 2 N–H and O–H groups in total. The van der Waals surface area contributed by atoms with E-state index in [4.69, 9.17) is 4.74 Å². The summed E-state index contributed by atoms with van der Waals surface area (Å²) < 4.78 is 5.22. The second kappa shape index (κ2) is 9.45. The van der Waals surface area contributed by atoms with Gasteiger partial charge in [-0.3, -0.25) is 9.59 Å². The van der Waals surface area contributed by atoms with Crippen LogP contribution in [0.15, 0.2) is 60.9 Å². The van der Waals surface area contributed by atoms with E-state index in [1.54, 1.807) is 31.4 Å². The molecule has 0 aliphatic heterocycles. The van der Waals surface area contributed by atoms with Crippen molar-refractivity contribution in [3.8, 4) is 5.75 Å². The van der Waals surface area contributed by atoms with Gasteiger partial charge in [0, 0.05) is 30.2 Å². The van der Waals surface area contributed by atoms with Crippen molar-refractivity contribution in [2.24, 2.45) is 0 Å². The van der Waals surface area contributed by atoms with Crippen LogP contribution in [0.1, 0.15) is 33.2 Å². The zero-order valence-electron chi connectivity index (χ0n) is 16.3. The van der Waals surface area contributed by atoms with Crippen LogP contribution in [-0.2, 0) is 6.42 Å². The number of hydrogen-bond acceptors (Lipinski definition) is 6. The molecule has 148 valence electrons. The molecule has 0 radical (unpaired) electrons. The summed E-state index contributed by atoms with van der Waals surface area (Å²) in [4.78, 5) is 32.0. The van der Waals surface area contributed by atoms with Gasteiger partial charge in [-0.2, -0.15) is 0 Å². The molecule has 1 aromatic heterocycles. The summed E-state index contributed by atoms with van der Waals surface area (Å²) in [7, 11) is 1.64. The van der Waals surface area contributed by atoms with E-state index in [0.29, 0.717) is 29.3 Å². The summed E-state index contributed by atoms with van der Waals surface area (Å²) >= 11 is 0. The average molecular weight is 390 g/mol. The maximum absolute atomic E-state index is 12.3. The highest BCUT2D eigenvalue weighted by Crippen LogP contribution is 2.14. The van der Waals surface area contributed by atoms with Crippen molar-refractivity contribution in [1.82, 2.24) is 9.97 Å². The summed E-state index contributed by atoms with van der Waals surface area (Å²) in [6.07, 6.45) is 3.74. The molecule has 7 heteroatoms. The normalized spacial score (nSPS) is 10.3. The van der Waals surface area contributed by atoms with E-state index < -0.39 is 0 Å². The molecule has 0 spiro atoms. The minimum atomic E-state index is -0.316. The first-order chi connectivity index (χ1) is 14.0. The number of hydrogen-bond donors (Lipinski definition) is 2. The van der Waals surface area contributed by atoms with Gasteiger partial charge >= 0.3 is 0 Å². The fourth-order valence-electron chi connectivity index (χ4n) is 2.67. The minimum absolute atomic E-state index is 0.0224. The lowest BCUT2D eigenvalue weighted by molar-refractivity contribution is 0.101. The van der Waals surface area contributed by atoms with E-state index in [-0.39, 0.29) is 11.7 Å². The largest absolute Gasteiger partial charge is 0.497 e. The Morgan fingerprint density at radius 3 is 2.38 bits per heavy atom. The van der Waals surface area contributed by atoms with E-state index in [0.717, 1.165) is 17.7 Å². The third-order valence-electron chi connectivity index (χ3n) is 4.29. The molecule has 0 aliphatic carbocycles. The maximum Gasteiger partial charge on any atom is 0.258 e. The summed E-state index contributed by atoms with van der Waals surface area (Å²) in [5.74, 6) is 0.939. The van der Waals surface area contributed by atoms with Crippen molar-refractivity contribution in [3.05, 3.63) is 77.6 Å². The number of methoxy groups -OCH3 is 1. The van der Waals surface area contributed by atoms with E-state index in [1.165, 1.54) is 19.3 Å². The van der Waals surface area contributed by atoms with Crippen LogP contribution in [0.3, 0.4) is 0 Å². The zero-order chi connectivity index (χ0) is 20.6. The van der Waals surface area contributed by atoms with Crippen molar-refractivity contribution >= 4 is 23.3 Å². The summed E-state index contributed by atoms with van der Waals surface area (Å²) in [6, 6.07) is 14.6. The Balaban J connectivity index is 1.52. The van der Waals surface area contributed by atoms with Crippen LogP contribution in [0.2, 0.25) is 0 Å². The number of Topliss-reactive ketones (excluding diaryl/α,β-unsaturated/α-hetero) is 1. The predicted octanol–water partition coefficient (Wildman–Crippen LogP) is 3.59. The molecule has 1 heterocycles. The number of aromatic nitrogens is 2. The van der Waals surface area contributed by atoms with Crippen molar-refractivity contribution in [3.63, 3.8) is 0 Å². The van der Waals surface area contributed by atoms with Crippen LogP contribution in [0.5, 0.6) is 5.75 Å². The van der Waals surface area contributed by atoms with Crippen LogP contribution in [-0.4, -0.2) is 35.3 Å². The Morgan fingerprint density at radius 1 is 1.00 bits per heavy atom. The number of nitrogens with one attached hydrogen (secondary N) is 2. The van der Waals surface area contributed by atoms with Crippen molar-refractivity contribution < 1.29 is 14.3 Å². The molecular weight excluding hydrogens is 368 g/mol. The van der Waals surface area contributed by atoms with Crippen LogP contribution in [0.25, 0.3) is 0 Å².